The van der Waals surface area contributed by atoms with Crippen molar-refractivity contribution in [1.82, 2.24) is 5.32 Å². The lowest BCUT2D eigenvalue weighted by atomic mass is 9.90. The van der Waals surface area contributed by atoms with Gasteiger partial charge in [-0.1, -0.05) is 11.6 Å². The van der Waals surface area contributed by atoms with E-state index in [0.29, 0.717) is 17.2 Å². The summed E-state index contributed by atoms with van der Waals surface area (Å²) in [5.41, 5.74) is 0.0148. The molecule has 0 aromatic heterocycles. The van der Waals surface area contributed by atoms with E-state index in [4.69, 9.17) is 16.3 Å². The standard InChI is InChI=1S/C17H13ClF2N2O2/c1-17-8-14(11-6-9(18)2-5-15(11)24-17)21-16(23)22(17)10-3-4-12(19)13(20)7-10/h2-7,14H,8H2,1H3,(H,21,23)/t14-,17+/m0/s1. The lowest BCUT2D eigenvalue weighted by Crippen LogP contribution is -2.65. The van der Waals surface area contributed by atoms with E-state index < -0.39 is 23.4 Å². The van der Waals surface area contributed by atoms with E-state index in [-0.39, 0.29) is 11.7 Å². The number of carbonyl (C=O) groups is 1. The van der Waals surface area contributed by atoms with Crippen LogP contribution in [-0.2, 0) is 0 Å². The molecule has 2 aromatic rings. The first-order chi connectivity index (χ1) is 11.4. The first-order valence-electron chi connectivity index (χ1n) is 7.42. The normalized spacial score (nSPS) is 24.9. The summed E-state index contributed by atoms with van der Waals surface area (Å²) < 4.78 is 32.9. The molecule has 4 nitrogen and oxygen atoms in total. The van der Waals surface area contributed by atoms with Crippen LogP contribution in [0.4, 0.5) is 19.3 Å². The molecule has 2 aromatic carbocycles. The molecule has 4 rings (SSSR count). The largest absolute Gasteiger partial charge is 0.467 e. The van der Waals surface area contributed by atoms with Gasteiger partial charge in [-0.3, -0.25) is 4.90 Å². The Labute approximate surface area is 142 Å². The van der Waals surface area contributed by atoms with Gasteiger partial charge in [0.15, 0.2) is 17.4 Å². The minimum Gasteiger partial charge on any atom is -0.467 e. The van der Waals surface area contributed by atoms with Gasteiger partial charge in [0.1, 0.15) is 5.75 Å². The minimum absolute atomic E-state index is 0.227. The number of amides is 2. The highest BCUT2D eigenvalue weighted by Crippen LogP contribution is 2.46. The van der Waals surface area contributed by atoms with Gasteiger partial charge in [-0.2, -0.15) is 0 Å². The molecule has 24 heavy (non-hydrogen) atoms. The zero-order valence-electron chi connectivity index (χ0n) is 12.6. The molecule has 2 aliphatic heterocycles. The predicted molar refractivity (Wildman–Crippen MR) is 85.2 cm³/mol. The van der Waals surface area contributed by atoms with Crippen LogP contribution in [0.15, 0.2) is 36.4 Å². The fraction of sp³-hybridized carbons (Fsp3) is 0.235. The van der Waals surface area contributed by atoms with Crippen molar-refractivity contribution in [3.05, 3.63) is 58.6 Å². The average molecular weight is 351 g/mol. The zero-order chi connectivity index (χ0) is 17.1. The fourth-order valence-corrected chi connectivity index (χ4v) is 3.54. The van der Waals surface area contributed by atoms with Crippen LogP contribution in [0.25, 0.3) is 0 Å². The fourth-order valence-electron chi connectivity index (χ4n) is 3.36. The molecule has 1 fully saturated rings. The first kappa shape index (κ1) is 15.2. The van der Waals surface area contributed by atoms with E-state index >= 15 is 0 Å². The molecule has 1 saturated heterocycles. The van der Waals surface area contributed by atoms with Crippen LogP contribution >= 0.6 is 11.6 Å². The monoisotopic (exact) mass is 350 g/mol. The highest BCUT2D eigenvalue weighted by Gasteiger charge is 2.50. The summed E-state index contributed by atoms with van der Waals surface area (Å²) >= 11 is 6.03. The maximum atomic E-state index is 13.6. The number of hydrogen-bond acceptors (Lipinski definition) is 2. The van der Waals surface area contributed by atoms with Gasteiger partial charge in [0.05, 0.1) is 11.7 Å². The van der Waals surface area contributed by atoms with Crippen molar-refractivity contribution in [3.63, 3.8) is 0 Å². The van der Waals surface area contributed by atoms with Crippen molar-refractivity contribution in [2.75, 3.05) is 4.90 Å². The van der Waals surface area contributed by atoms with Crippen LogP contribution < -0.4 is 15.0 Å². The van der Waals surface area contributed by atoms with E-state index in [1.165, 1.54) is 11.0 Å². The van der Waals surface area contributed by atoms with Gasteiger partial charge in [0.25, 0.3) is 0 Å². The van der Waals surface area contributed by atoms with Crippen molar-refractivity contribution >= 4 is 23.3 Å². The zero-order valence-corrected chi connectivity index (χ0v) is 13.4. The molecule has 124 valence electrons. The van der Waals surface area contributed by atoms with E-state index in [0.717, 1.165) is 17.7 Å². The molecule has 2 aliphatic rings. The highest BCUT2D eigenvalue weighted by atomic mass is 35.5. The molecule has 0 aliphatic carbocycles. The van der Waals surface area contributed by atoms with Crippen LogP contribution in [0.1, 0.15) is 24.9 Å². The number of fused-ring (bicyclic) bond motifs is 4. The Morgan fingerprint density at radius 2 is 2.04 bits per heavy atom. The van der Waals surface area contributed by atoms with Crippen molar-refractivity contribution < 1.29 is 18.3 Å². The summed E-state index contributed by atoms with van der Waals surface area (Å²) in [6.07, 6.45) is 0.449. The molecule has 1 N–H and O–H groups in total. The first-order valence-corrected chi connectivity index (χ1v) is 7.79. The topological polar surface area (TPSA) is 41.6 Å². The van der Waals surface area contributed by atoms with E-state index in [1.807, 2.05) is 0 Å². The van der Waals surface area contributed by atoms with Crippen LogP contribution in [0.3, 0.4) is 0 Å². The second-order valence-corrected chi connectivity index (χ2v) is 6.54. The average Bonchev–Trinajstić information content (AvgIpc) is 2.51. The van der Waals surface area contributed by atoms with Crippen molar-refractivity contribution in [2.45, 2.75) is 25.1 Å². The van der Waals surface area contributed by atoms with Crippen LogP contribution in [0.5, 0.6) is 5.75 Å². The molecule has 7 heteroatoms. The van der Waals surface area contributed by atoms with Crippen LogP contribution in [-0.4, -0.2) is 11.8 Å². The van der Waals surface area contributed by atoms with Gasteiger partial charge in [-0.15, -0.1) is 0 Å². The summed E-state index contributed by atoms with van der Waals surface area (Å²) in [7, 11) is 0. The number of benzene rings is 2. The number of hydrogen-bond donors (Lipinski definition) is 1. The molecule has 0 spiro atoms. The molecule has 0 radical (unpaired) electrons. The lowest BCUT2D eigenvalue weighted by Gasteiger charge is -2.50. The Kier molecular flexibility index (Phi) is 3.22. The third-order valence-corrected chi connectivity index (χ3v) is 4.63. The Balaban J connectivity index is 1.80. The number of urea groups is 1. The van der Waals surface area contributed by atoms with Crippen molar-refractivity contribution in [1.29, 1.82) is 0 Å². The number of nitrogens with one attached hydrogen (secondary N) is 1. The van der Waals surface area contributed by atoms with E-state index in [9.17, 15) is 13.6 Å². The third-order valence-electron chi connectivity index (χ3n) is 4.40. The minimum atomic E-state index is -1.02. The molecule has 0 unspecified atom stereocenters. The second kappa shape index (κ2) is 5.08. The summed E-state index contributed by atoms with van der Waals surface area (Å²) in [6.45, 7) is 1.75. The van der Waals surface area contributed by atoms with Gasteiger partial charge in [0, 0.05) is 23.1 Å². The van der Waals surface area contributed by atoms with E-state index in [2.05, 4.69) is 5.32 Å². The molecular formula is C17H13ClF2N2O2. The number of rotatable bonds is 1. The van der Waals surface area contributed by atoms with E-state index in [1.54, 1.807) is 25.1 Å². The van der Waals surface area contributed by atoms with Gasteiger partial charge in [-0.05, 0) is 37.3 Å². The Hall–Kier alpha value is -2.34. The summed E-state index contributed by atoms with van der Waals surface area (Å²) in [6, 6.07) is 7.83. The van der Waals surface area contributed by atoms with Crippen LogP contribution in [0, 0.1) is 11.6 Å². The van der Waals surface area contributed by atoms with Crippen molar-refractivity contribution in [2.24, 2.45) is 0 Å². The molecule has 2 heterocycles. The third kappa shape index (κ3) is 2.21. The summed E-state index contributed by atoms with van der Waals surface area (Å²) in [4.78, 5) is 13.9. The quantitative estimate of drug-likeness (QED) is 0.828. The summed E-state index contributed by atoms with van der Waals surface area (Å²) in [5.74, 6) is -1.39. The molecular weight excluding hydrogens is 338 g/mol. The Bertz CT molecular complexity index is 860. The maximum absolute atomic E-state index is 13.6. The van der Waals surface area contributed by atoms with Gasteiger partial charge >= 0.3 is 6.03 Å². The number of nitrogens with zero attached hydrogens (tertiary/aromatic N) is 1. The van der Waals surface area contributed by atoms with Gasteiger partial charge in [0.2, 0.25) is 0 Å². The van der Waals surface area contributed by atoms with Crippen LogP contribution in [0.2, 0.25) is 5.02 Å². The second-order valence-electron chi connectivity index (χ2n) is 6.10. The molecule has 2 amide bonds. The SMILES string of the molecule is C[C@@]12C[C@H](NC(=O)N1c1ccc(F)c(F)c1)c1cc(Cl)ccc1O2. The lowest BCUT2D eigenvalue weighted by molar-refractivity contribution is 0.0378. The predicted octanol–water partition coefficient (Wildman–Crippen LogP) is 4.39. The summed E-state index contributed by atoms with van der Waals surface area (Å²) in [5, 5.41) is 3.43. The maximum Gasteiger partial charge on any atom is 0.325 e. The molecule has 2 atom stereocenters. The van der Waals surface area contributed by atoms with Gasteiger partial charge in [-0.25, -0.2) is 13.6 Å². The molecule has 2 bridgehead atoms. The number of ether oxygens (including phenoxy) is 1. The smallest absolute Gasteiger partial charge is 0.325 e. The number of carbonyl (C=O) groups excluding carboxylic acids is 1. The highest BCUT2D eigenvalue weighted by molar-refractivity contribution is 6.30. The number of anilines is 1. The van der Waals surface area contributed by atoms with Gasteiger partial charge < -0.3 is 10.1 Å². The Morgan fingerprint density at radius 1 is 1.25 bits per heavy atom. The van der Waals surface area contributed by atoms with Crippen molar-refractivity contribution in [3.8, 4) is 5.75 Å². The number of halogens is 3. The molecule has 0 saturated carbocycles. The Morgan fingerprint density at radius 3 is 2.79 bits per heavy atom.